The van der Waals surface area contributed by atoms with E-state index in [0.717, 1.165) is 12.8 Å². The van der Waals surface area contributed by atoms with E-state index in [1.54, 1.807) is 0 Å². The van der Waals surface area contributed by atoms with Crippen LogP contribution in [0.2, 0.25) is 0 Å². The number of hydrogen-bond donors (Lipinski definition) is 2. The van der Waals surface area contributed by atoms with Gasteiger partial charge in [0.15, 0.2) is 0 Å². The van der Waals surface area contributed by atoms with Crippen LogP contribution in [0.1, 0.15) is 56.1 Å². The molecule has 1 atom stereocenters. The maximum absolute atomic E-state index is 10.1. The summed E-state index contributed by atoms with van der Waals surface area (Å²) in [6.07, 6.45) is 9.87. The lowest BCUT2D eigenvalue weighted by atomic mass is 9.84. The number of rotatable bonds is 3. The van der Waals surface area contributed by atoms with Gasteiger partial charge in [0.05, 0.1) is 12.1 Å². The lowest BCUT2D eigenvalue weighted by Gasteiger charge is -2.37. The molecule has 3 rings (SSSR count). The lowest BCUT2D eigenvalue weighted by Crippen LogP contribution is -2.50. The zero-order valence-electron chi connectivity index (χ0n) is 11.7. The minimum atomic E-state index is -0.192. The molecule has 0 spiro atoms. The molecule has 0 amide bonds. The standard InChI is InChI=1S/C17H25NO/c19-13-17(18-15-9-2-3-10-15)12-6-5-8-14-7-1-4-11-16(14)17/h1,4,7,11,15,18-19H,2-3,5-6,8-10,12-13H2. The van der Waals surface area contributed by atoms with Crippen LogP contribution in [0.25, 0.3) is 0 Å². The van der Waals surface area contributed by atoms with E-state index >= 15 is 0 Å². The van der Waals surface area contributed by atoms with Crippen molar-refractivity contribution in [2.24, 2.45) is 0 Å². The van der Waals surface area contributed by atoms with Crippen LogP contribution in [0.3, 0.4) is 0 Å². The molecular weight excluding hydrogens is 234 g/mol. The molecule has 0 heterocycles. The van der Waals surface area contributed by atoms with E-state index in [-0.39, 0.29) is 12.1 Å². The SMILES string of the molecule is OCC1(NC2CCCC2)CCCCc2ccccc21. The van der Waals surface area contributed by atoms with E-state index in [9.17, 15) is 5.11 Å². The van der Waals surface area contributed by atoms with Gasteiger partial charge >= 0.3 is 0 Å². The van der Waals surface area contributed by atoms with Gasteiger partial charge in [-0.2, -0.15) is 0 Å². The molecule has 104 valence electrons. The molecule has 19 heavy (non-hydrogen) atoms. The van der Waals surface area contributed by atoms with Gasteiger partial charge in [0, 0.05) is 6.04 Å². The number of aliphatic hydroxyl groups is 1. The summed E-state index contributed by atoms with van der Waals surface area (Å²) in [5.74, 6) is 0. The first-order valence-corrected chi connectivity index (χ1v) is 7.81. The minimum absolute atomic E-state index is 0.192. The van der Waals surface area contributed by atoms with Gasteiger partial charge in [0.25, 0.3) is 0 Å². The number of aryl methyl sites for hydroxylation is 1. The maximum atomic E-state index is 10.1. The fourth-order valence-electron chi connectivity index (χ4n) is 3.90. The van der Waals surface area contributed by atoms with Gasteiger partial charge in [-0.1, -0.05) is 43.5 Å². The second-order valence-electron chi connectivity index (χ2n) is 6.23. The third-order valence-corrected chi connectivity index (χ3v) is 4.94. The Morgan fingerprint density at radius 2 is 1.89 bits per heavy atom. The van der Waals surface area contributed by atoms with Gasteiger partial charge in [-0.15, -0.1) is 0 Å². The average molecular weight is 259 g/mol. The van der Waals surface area contributed by atoms with Crippen LogP contribution < -0.4 is 5.32 Å². The highest BCUT2D eigenvalue weighted by Gasteiger charge is 2.36. The van der Waals surface area contributed by atoms with Crippen molar-refractivity contribution < 1.29 is 5.11 Å². The Labute approximate surface area is 116 Å². The largest absolute Gasteiger partial charge is 0.394 e. The molecule has 0 aliphatic heterocycles. The average Bonchev–Trinajstić information content (AvgIpc) is 2.88. The number of benzene rings is 1. The Morgan fingerprint density at radius 1 is 1.11 bits per heavy atom. The van der Waals surface area contributed by atoms with Gasteiger partial charge in [0.2, 0.25) is 0 Å². The van der Waals surface area contributed by atoms with Crippen LogP contribution in [0.4, 0.5) is 0 Å². The predicted molar refractivity (Wildman–Crippen MR) is 78.2 cm³/mol. The molecule has 0 bridgehead atoms. The summed E-state index contributed by atoms with van der Waals surface area (Å²) in [7, 11) is 0. The first kappa shape index (κ1) is 13.1. The van der Waals surface area contributed by atoms with Crippen molar-refractivity contribution in [1.29, 1.82) is 0 Å². The van der Waals surface area contributed by atoms with Crippen LogP contribution in [0, 0.1) is 0 Å². The van der Waals surface area contributed by atoms with Gasteiger partial charge in [-0.25, -0.2) is 0 Å². The molecule has 0 aromatic heterocycles. The third kappa shape index (κ3) is 2.56. The molecule has 1 aromatic rings. The zero-order chi connectivity index (χ0) is 13.1. The second kappa shape index (κ2) is 5.64. The van der Waals surface area contributed by atoms with Gasteiger partial charge in [-0.05, 0) is 43.2 Å². The Bertz CT molecular complexity index is 425. The molecule has 1 saturated carbocycles. The predicted octanol–water partition coefficient (Wildman–Crippen LogP) is 3.13. The van der Waals surface area contributed by atoms with Crippen LogP contribution in [0.5, 0.6) is 0 Å². The quantitative estimate of drug-likeness (QED) is 0.817. The second-order valence-corrected chi connectivity index (χ2v) is 6.23. The molecule has 2 aliphatic rings. The van der Waals surface area contributed by atoms with Crippen LogP contribution in [0.15, 0.2) is 24.3 Å². The van der Waals surface area contributed by atoms with Crippen LogP contribution in [-0.2, 0) is 12.0 Å². The third-order valence-electron chi connectivity index (χ3n) is 4.94. The highest BCUT2D eigenvalue weighted by molar-refractivity contribution is 5.35. The molecule has 0 radical (unpaired) electrons. The van der Waals surface area contributed by atoms with Crippen LogP contribution >= 0.6 is 0 Å². The van der Waals surface area contributed by atoms with Gasteiger partial charge < -0.3 is 10.4 Å². The zero-order valence-corrected chi connectivity index (χ0v) is 11.7. The van der Waals surface area contributed by atoms with Crippen molar-refractivity contribution in [1.82, 2.24) is 5.32 Å². The van der Waals surface area contributed by atoms with Crippen molar-refractivity contribution in [3.05, 3.63) is 35.4 Å². The van der Waals surface area contributed by atoms with Crippen molar-refractivity contribution in [2.45, 2.75) is 62.9 Å². The van der Waals surface area contributed by atoms with Crippen LogP contribution in [-0.4, -0.2) is 17.8 Å². The number of nitrogens with one attached hydrogen (secondary N) is 1. The highest BCUT2D eigenvalue weighted by atomic mass is 16.3. The highest BCUT2D eigenvalue weighted by Crippen LogP contribution is 2.36. The summed E-state index contributed by atoms with van der Waals surface area (Å²) in [6, 6.07) is 9.30. The first-order chi connectivity index (χ1) is 9.34. The van der Waals surface area contributed by atoms with E-state index in [4.69, 9.17) is 0 Å². The fraction of sp³-hybridized carbons (Fsp3) is 0.647. The van der Waals surface area contributed by atoms with Crippen molar-refractivity contribution in [3.8, 4) is 0 Å². The fourth-order valence-corrected chi connectivity index (χ4v) is 3.90. The Morgan fingerprint density at radius 3 is 2.68 bits per heavy atom. The molecule has 2 N–H and O–H groups in total. The van der Waals surface area contributed by atoms with E-state index in [0.29, 0.717) is 6.04 Å². The number of fused-ring (bicyclic) bond motifs is 1. The summed E-state index contributed by atoms with van der Waals surface area (Å²) in [5.41, 5.74) is 2.59. The maximum Gasteiger partial charge on any atom is 0.0673 e. The Balaban J connectivity index is 1.93. The lowest BCUT2D eigenvalue weighted by molar-refractivity contribution is 0.136. The summed E-state index contributed by atoms with van der Waals surface area (Å²) in [6.45, 7) is 0.223. The smallest absolute Gasteiger partial charge is 0.0673 e. The normalized spacial score (nSPS) is 28.1. The van der Waals surface area contributed by atoms with Gasteiger partial charge in [0.1, 0.15) is 0 Å². The first-order valence-electron chi connectivity index (χ1n) is 7.81. The molecule has 2 aliphatic carbocycles. The van der Waals surface area contributed by atoms with Crippen molar-refractivity contribution >= 4 is 0 Å². The Kier molecular flexibility index (Phi) is 3.90. The summed E-state index contributed by atoms with van der Waals surface area (Å²) >= 11 is 0. The Hall–Kier alpha value is -0.860. The molecular formula is C17H25NO. The van der Waals surface area contributed by atoms with E-state index < -0.39 is 0 Å². The minimum Gasteiger partial charge on any atom is -0.394 e. The molecule has 0 saturated heterocycles. The molecule has 1 fully saturated rings. The van der Waals surface area contributed by atoms with Gasteiger partial charge in [-0.3, -0.25) is 0 Å². The summed E-state index contributed by atoms with van der Waals surface area (Å²) in [4.78, 5) is 0. The summed E-state index contributed by atoms with van der Waals surface area (Å²) in [5, 5.41) is 13.9. The van der Waals surface area contributed by atoms with Crippen molar-refractivity contribution in [3.63, 3.8) is 0 Å². The monoisotopic (exact) mass is 259 g/mol. The molecule has 1 aromatic carbocycles. The number of aliphatic hydroxyl groups excluding tert-OH is 1. The molecule has 2 nitrogen and oxygen atoms in total. The van der Waals surface area contributed by atoms with Crippen molar-refractivity contribution in [2.75, 3.05) is 6.61 Å². The number of hydrogen-bond acceptors (Lipinski definition) is 2. The summed E-state index contributed by atoms with van der Waals surface area (Å²) < 4.78 is 0. The van der Waals surface area contributed by atoms with E-state index in [1.807, 2.05) is 0 Å². The van der Waals surface area contributed by atoms with E-state index in [1.165, 1.54) is 49.7 Å². The topological polar surface area (TPSA) is 32.3 Å². The molecule has 2 heteroatoms. The van der Waals surface area contributed by atoms with E-state index in [2.05, 4.69) is 29.6 Å². The molecule has 1 unspecified atom stereocenters.